The van der Waals surface area contributed by atoms with Crippen LogP contribution in [-0.2, 0) is 6.42 Å². The van der Waals surface area contributed by atoms with Crippen molar-refractivity contribution in [2.24, 2.45) is 0 Å². The topological polar surface area (TPSA) is 80.4 Å². The predicted octanol–water partition coefficient (Wildman–Crippen LogP) is 1.25. The summed E-state index contributed by atoms with van der Waals surface area (Å²) in [6.45, 7) is 0. The number of nitrogens with one attached hydrogen (secondary N) is 1. The zero-order valence-corrected chi connectivity index (χ0v) is 7.42. The molecule has 4 nitrogen and oxygen atoms in total. The number of aromatic amines is 1. The van der Waals surface area contributed by atoms with Crippen molar-refractivity contribution in [2.75, 3.05) is 0 Å². The number of H-pyrrole nitrogens is 1. The van der Waals surface area contributed by atoms with Crippen LogP contribution < -0.4 is 5.43 Å². The van der Waals surface area contributed by atoms with Crippen molar-refractivity contribution >= 4 is 0 Å². The van der Waals surface area contributed by atoms with Crippen molar-refractivity contribution in [2.45, 2.75) is 12.8 Å². The lowest BCUT2D eigenvalue weighted by molar-refractivity contribution is 0.145. The molecule has 1 aromatic heterocycles. The molecular formula is C9H5F2N3O. The Hall–Kier alpha value is -2.21. The summed E-state index contributed by atoms with van der Waals surface area (Å²) in [6, 6.07) is 4.10. The molecule has 0 atom stereocenters. The molecule has 0 aliphatic rings. The van der Waals surface area contributed by atoms with E-state index in [9.17, 15) is 13.6 Å². The molecule has 0 aliphatic carbocycles. The minimum absolute atomic E-state index is 0.0804. The minimum Gasteiger partial charge on any atom is -0.355 e. The van der Waals surface area contributed by atoms with E-state index < -0.39 is 23.1 Å². The van der Waals surface area contributed by atoms with Crippen molar-refractivity contribution in [3.05, 3.63) is 33.2 Å². The van der Waals surface area contributed by atoms with E-state index in [1.807, 2.05) is 0 Å². The maximum absolute atomic E-state index is 12.4. The van der Waals surface area contributed by atoms with Gasteiger partial charge in [0.05, 0.1) is 12.5 Å². The van der Waals surface area contributed by atoms with Gasteiger partial charge in [-0.25, -0.2) is 8.78 Å². The van der Waals surface area contributed by atoms with Gasteiger partial charge in [-0.2, -0.15) is 10.5 Å². The van der Waals surface area contributed by atoms with Crippen molar-refractivity contribution < 1.29 is 8.78 Å². The smallest absolute Gasteiger partial charge is 0.279 e. The Labute approximate surface area is 83.4 Å². The molecule has 0 unspecified atom stereocenters. The number of aromatic nitrogens is 1. The molecule has 1 heterocycles. The first-order valence-corrected chi connectivity index (χ1v) is 3.91. The summed E-state index contributed by atoms with van der Waals surface area (Å²) >= 11 is 0. The van der Waals surface area contributed by atoms with E-state index in [0.717, 1.165) is 6.07 Å². The van der Waals surface area contributed by atoms with Crippen molar-refractivity contribution in [1.29, 1.82) is 10.5 Å². The normalized spacial score (nSPS) is 9.67. The van der Waals surface area contributed by atoms with Gasteiger partial charge in [0.25, 0.3) is 6.43 Å². The molecule has 0 amide bonds. The van der Waals surface area contributed by atoms with E-state index in [1.54, 1.807) is 6.07 Å². The van der Waals surface area contributed by atoms with Gasteiger partial charge in [0.2, 0.25) is 0 Å². The molecule has 0 saturated heterocycles. The summed E-state index contributed by atoms with van der Waals surface area (Å²) in [5.74, 6) is 0. The number of nitrogens with zero attached hydrogens (tertiary/aromatic N) is 2. The Bertz CT molecular complexity index is 508. The Balaban J connectivity index is 3.42. The monoisotopic (exact) mass is 209 g/mol. The van der Waals surface area contributed by atoms with Crippen LogP contribution in [-0.4, -0.2) is 4.98 Å². The highest BCUT2D eigenvalue weighted by atomic mass is 19.3. The molecule has 6 heteroatoms. The molecule has 1 rings (SSSR count). The van der Waals surface area contributed by atoms with Crippen LogP contribution in [0.3, 0.4) is 0 Å². The number of rotatable bonds is 2. The standard InChI is InChI=1S/C9H5F2N3O/c10-9(11)8-6(4-13)7(15)3-5(14-8)1-2-12/h3,9H,1H2,(H,14,15). The average molecular weight is 209 g/mol. The minimum atomic E-state index is -2.94. The van der Waals surface area contributed by atoms with E-state index in [4.69, 9.17) is 10.5 Å². The summed E-state index contributed by atoms with van der Waals surface area (Å²) in [4.78, 5) is 13.4. The maximum Gasteiger partial charge on any atom is 0.279 e. The van der Waals surface area contributed by atoms with Gasteiger partial charge in [-0.3, -0.25) is 4.79 Å². The van der Waals surface area contributed by atoms with Crippen LogP contribution in [0, 0.1) is 22.7 Å². The fraction of sp³-hybridized carbons (Fsp3) is 0.222. The quantitative estimate of drug-likeness (QED) is 0.795. The Morgan fingerprint density at radius 1 is 1.47 bits per heavy atom. The highest BCUT2D eigenvalue weighted by Gasteiger charge is 2.17. The van der Waals surface area contributed by atoms with Gasteiger partial charge in [0, 0.05) is 11.8 Å². The molecule has 0 radical (unpaired) electrons. The number of hydrogen-bond acceptors (Lipinski definition) is 3. The van der Waals surface area contributed by atoms with Crippen LogP contribution in [0.1, 0.15) is 23.4 Å². The number of alkyl halides is 2. The van der Waals surface area contributed by atoms with E-state index in [0.29, 0.717) is 0 Å². The van der Waals surface area contributed by atoms with Gasteiger partial charge >= 0.3 is 0 Å². The molecule has 0 aliphatic heterocycles. The predicted molar refractivity (Wildman–Crippen MR) is 46.1 cm³/mol. The lowest BCUT2D eigenvalue weighted by atomic mass is 10.1. The van der Waals surface area contributed by atoms with E-state index in [2.05, 4.69) is 4.98 Å². The second-order valence-electron chi connectivity index (χ2n) is 2.69. The highest BCUT2D eigenvalue weighted by Crippen LogP contribution is 2.18. The zero-order valence-electron chi connectivity index (χ0n) is 7.42. The van der Waals surface area contributed by atoms with Crippen LogP contribution in [0.2, 0.25) is 0 Å². The van der Waals surface area contributed by atoms with E-state index in [-0.39, 0.29) is 12.1 Å². The second kappa shape index (κ2) is 4.34. The van der Waals surface area contributed by atoms with Crippen LogP contribution in [0.15, 0.2) is 10.9 Å². The molecule has 1 N–H and O–H groups in total. The second-order valence-corrected chi connectivity index (χ2v) is 2.69. The number of halogens is 2. The van der Waals surface area contributed by atoms with Gasteiger partial charge in [-0.1, -0.05) is 0 Å². The van der Waals surface area contributed by atoms with Gasteiger partial charge in [0.15, 0.2) is 5.43 Å². The Morgan fingerprint density at radius 3 is 2.60 bits per heavy atom. The molecular weight excluding hydrogens is 204 g/mol. The van der Waals surface area contributed by atoms with Crippen LogP contribution in [0.25, 0.3) is 0 Å². The lowest BCUT2D eigenvalue weighted by Gasteiger charge is -2.04. The molecule has 1 aromatic rings. The first kappa shape index (κ1) is 10.9. The highest BCUT2D eigenvalue weighted by molar-refractivity contribution is 5.35. The number of nitriles is 2. The number of pyridine rings is 1. The van der Waals surface area contributed by atoms with Gasteiger partial charge in [-0.15, -0.1) is 0 Å². The molecule has 15 heavy (non-hydrogen) atoms. The zero-order chi connectivity index (χ0) is 11.4. The SMILES string of the molecule is N#CCc1cc(=O)c(C#N)c(C(F)F)[nH]1. The molecule has 0 bridgehead atoms. The molecule has 0 fully saturated rings. The van der Waals surface area contributed by atoms with E-state index >= 15 is 0 Å². The maximum atomic E-state index is 12.4. The summed E-state index contributed by atoms with van der Waals surface area (Å²) in [5, 5.41) is 16.8. The van der Waals surface area contributed by atoms with Crippen molar-refractivity contribution in [3.8, 4) is 12.1 Å². The van der Waals surface area contributed by atoms with E-state index in [1.165, 1.54) is 6.07 Å². The third-order valence-electron chi connectivity index (χ3n) is 1.72. The molecule has 0 spiro atoms. The van der Waals surface area contributed by atoms with Crippen LogP contribution >= 0.6 is 0 Å². The first-order chi connectivity index (χ1) is 7.10. The van der Waals surface area contributed by atoms with Crippen LogP contribution in [0.5, 0.6) is 0 Å². The molecule has 76 valence electrons. The first-order valence-electron chi connectivity index (χ1n) is 3.91. The fourth-order valence-electron chi connectivity index (χ4n) is 1.09. The Morgan fingerprint density at radius 2 is 2.13 bits per heavy atom. The van der Waals surface area contributed by atoms with Crippen LogP contribution in [0.4, 0.5) is 8.78 Å². The number of hydrogen-bond donors (Lipinski definition) is 1. The average Bonchev–Trinajstić information content (AvgIpc) is 2.17. The van der Waals surface area contributed by atoms with Gasteiger partial charge < -0.3 is 4.98 Å². The van der Waals surface area contributed by atoms with Crippen molar-refractivity contribution in [3.63, 3.8) is 0 Å². The fourth-order valence-corrected chi connectivity index (χ4v) is 1.09. The summed E-state index contributed by atoms with van der Waals surface area (Å²) in [6.07, 6.45) is -3.12. The summed E-state index contributed by atoms with van der Waals surface area (Å²) in [7, 11) is 0. The third kappa shape index (κ3) is 2.18. The largest absolute Gasteiger partial charge is 0.355 e. The summed E-state index contributed by atoms with van der Waals surface area (Å²) < 4.78 is 24.8. The molecule has 0 aromatic carbocycles. The lowest BCUT2D eigenvalue weighted by Crippen LogP contribution is -2.13. The summed E-state index contributed by atoms with van der Waals surface area (Å²) in [5.41, 5.74) is -2.05. The van der Waals surface area contributed by atoms with Crippen molar-refractivity contribution in [1.82, 2.24) is 4.98 Å². The third-order valence-corrected chi connectivity index (χ3v) is 1.72. The van der Waals surface area contributed by atoms with Gasteiger partial charge in [-0.05, 0) is 0 Å². The van der Waals surface area contributed by atoms with Gasteiger partial charge in [0.1, 0.15) is 17.3 Å². The molecule has 0 saturated carbocycles. The Kier molecular flexibility index (Phi) is 3.14.